The number of terminal acetylenes is 1. The van der Waals surface area contributed by atoms with Crippen LogP contribution in [0.2, 0.25) is 0 Å². The maximum Gasteiger partial charge on any atom is 0.408 e. The van der Waals surface area contributed by atoms with E-state index in [1.165, 1.54) is 89.9 Å². The van der Waals surface area contributed by atoms with Crippen LogP contribution in [0.1, 0.15) is 130 Å². The molecule has 2 atom stereocenters. The lowest BCUT2D eigenvalue weighted by atomic mass is 9.99. The summed E-state index contributed by atoms with van der Waals surface area (Å²) >= 11 is 0. The van der Waals surface area contributed by atoms with Crippen molar-refractivity contribution in [2.75, 3.05) is 13.2 Å². The summed E-state index contributed by atoms with van der Waals surface area (Å²) in [6.07, 6.45) is 26.1. The SMILES string of the molecule is C#CCOC(=O)NC(C(=O)OCCCCCCCCCCCCCCCCCC)C(C)CC. The largest absolute Gasteiger partial charge is 0.464 e. The first kappa shape index (κ1) is 31.3. The summed E-state index contributed by atoms with van der Waals surface area (Å²) in [5.41, 5.74) is 0. The van der Waals surface area contributed by atoms with Gasteiger partial charge < -0.3 is 14.8 Å². The number of esters is 1. The number of nitrogens with one attached hydrogen (secondary N) is 1. The van der Waals surface area contributed by atoms with Crippen molar-refractivity contribution in [3.63, 3.8) is 0 Å². The number of carbonyl (C=O) groups excluding carboxylic acids is 2. The molecule has 5 heteroatoms. The molecule has 192 valence electrons. The zero-order chi connectivity index (χ0) is 24.6. The van der Waals surface area contributed by atoms with Crippen LogP contribution in [-0.2, 0) is 14.3 Å². The minimum absolute atomic E-state index is 0.0401. The predicted octanol–water partition coefficient (Wildman–Crippen LogP) is 7.57. The van der Waals surface area contributed by atoms with Gasteiger partial charge in [0.2, 0.25) is 0 Å². The van der Waals surface area contributed by atoms with Crippen molar-refractivity contribution >= 4 is 12.1 Å². The fourth-order valence-corrected chi connectivity index (χ4v) is 3.86. The maximum atomic E-state index is 12.4. The molecule has 0 aromatic carbocycles. The van der Waals surface area contributed by atoms with Gasteiger partial charge in [-0.3, -0.25) is 0 Å². The van der Waals surface area contributed by atoms with Crippen molar-refractivity contribution in [2.45, 2.75) is 136 Å². The van der Waals surface area contributed by atoms with Gasteiger partial charge in [-0.25, -0.2) is 9.59 Å². The molecule has 2 unspecified atom stereocenters. The zero-order valence-electron chi connectivity index (χ0n) is 21.8. The highest BCUT2D eigenvalue weighted by molar-refractivity contribution is 5.81. The van der Waals surface area contributed by atoms with E-state index >= 15 is 0 Å². The van der Waals surface area contributed by atoms with Crippen LogP contribution in [0.4, 0.5) is 4.79 Å². The Morgan fingerprint density at radius 2 is 1.21 bits per heavy atom. The van der Waals surface area contributed by atoms with E-state index in [4.69, 9.17) is 15.9 Å². The number of unbranched alkanes of at least 4 members (excludes halogenated alkanes) is 15. The number of ether oxygens (including phenoxy) is 2. The summed E-state index contributed by atoms with van der Waals surface area (Å²) in [7, 11) is 0. The molecule has 0 spiro atoms. The number of hydrogen-bond acceptors (Lipinski definition) is 4. The molecule has 0 radical (unpaired) electrons. The fraction of sp³-hybridized carbons (Fsp3) is 0.857. The van der Waals surface area contributed by atoms with Crippen LogP contribution in [-0.4, -0.2) is 31.3 Å². The second-order valence-corrected chi connectivity index (χ2v) is 9.26. The molecule has 0 heterocycles. The van der Waals surface area contributed by atoms with Gasteiger partial charge in [0.15, 0.2) is 6.61 Å². The summed E-state index contributed by atoms with van der Waals surface area (Å²) in [4.78, 5) is 24.1. The minimum Gasteiger partial charge on any atom is -0.464 e. The standard InChI is InChI=1S/C28H51NO4/c1-5-8-9-10-11-12-13-14-15-16-17-18-19-20-21-22-24-32-27(30)26(25(4)7-3)29-28(31)33-23-6-2/h2,25-26H,5,7-24H2,1,3-4H3,(H,29,31). The third-order valence-electron chi connectivity index (χ3n) is 6.27. The van der Waals surface area contributed by atoms with Gasteiger partial charge in [0, 0.05) is 0 Å². The monoisotopic (exact) mass is 465 g/mol. The smallest absolute Gasteiger partial charge is 0.408 e. The van der Waals surface area contributed by atoms with E-state index in [0.717, 1.165) is 19.3 Å². The van der Waals surface area contributed by atoms with Crippen LogP contribution in [0.25, 0.3) is 0 Å². The third kappa shape index (κ3) is 19.5. The lowest BCUT2D eigenvalue weighted by molar-refractivity contribution is -0.147. The van der Waals surface area contributed by atoms with Gasteiger partial charge in [0.1, 0.15) is 6.04 Å². The highest BCUT2D eigenvalue weighted by Gasteiger charge is 2.27. The second-order valence-electron chi connectivity index (χ2n) is 9.26. The van der Waals surface area contributed by atoms with Crippen molar-refractivity contribution in [2.24, 2.45) is 5.92 Å². The quantitative estimate of drug-likeness (QED) is 0.102. The molecular formula is C28H51NO4. The molecule has 0 saturated heterocycles. The van der Waals surface area contributed by atoms with Gasteiger partial charge in [0.05, 0.1) is 6.61 Å². The topological polar surface area (TPSA) is 64.6 Å². The van der Waals surface area contributed by atoms with E-state index in [0.29, 0.717) is 6.61 Å². The fourth-order valence-electron chi connectivity index (χ4n) is 3.86. The minimum atomic E-state index is -0.707. The Morgan fingerprint density at radius 1 is 0.758 bits per heavy atom. The van der Waals surface area contributed by atoms with Crippen molar-refractivity contribution in [3.8, 4) is 12.3 Å². The Hall–Kier alpha value is -1.70. The van der Waals surface area contributed by atoms with Crippen molar-refractivity contribution in [1.82, 2.24) is 5.32 Å². The molecule has 0 aromatic heterocycles. The molecule has 0 fully saturated rings. The molecule has 5 nitrogen and oxygen atoms in total. The maximum absolute atomic E-state index is 12.4. The average Bonchev–Trinajstić information content (AvgIpc) is 2.82. The predicted molar refractivity (Wildman–Crippen MR) is 137 cm³/mol. The van der Waals surface area contributed by atoms with Crippen LogP contribution < -0.4 is 5.32 Å². The number of amides is 1. The van der Waals surface area contributed by atoms with Gasteiger partial charge in [-0.1, -0.05) is 129 Å². The Balaban J connectivity index is 3.63. The van der Waals surface area contributed by atoms with E-state index in [1.54, 1.807) is 0 Å². The third-order valence-corrected chi connectivity index (χ3v) is 6.27. The molecule has 0 bridgehead atoms. The first-order chi connectivity index (χ1) is 16.1. The number of carbonyl (C=O) groups is 2. The van der Waals surface area contributed by atoms with Gasteiger partial charge in [-0.2, -0.15) is 0 Å². The zero-order valence-corrected chi connectivity index (χ0v) is 21.8. The molecule has 1 amide bonds. The van der Waals surface area contributed by atoms with E-state index < -0.39 is 18.1 Å². The van der Waals surface area contributed by atoms with Crippen LogP contribution in [0.3, 0.4) is 0 Å². The molecule has 0 aliphatic rings. The van der Waals surface area contributed by atoms with Gasteiger partial charge in [0.25, 0.3) is 0 Å². The van der Waals surface area contributed by atoms with E-state index in [1.807, 2.05) is 13.8 Å². The highest BCUT2D eigenvalue weighted by atomic mass is 16.6. The molecule has 33 heavy (non-hydrogen) atoms. The van der Waals surface area contributed by atoms with Crippen LogP contribution in [0.15, 0.2) is 0 Å². The van der Waals surface area contributed by atoms with E-state index in [9.17, 15) is 9.59 Å². The molecule has 0 saturated carbocycles. The highest BCUT2D eigenvalue weighted by Crippen LogP contribution is 2.14. The molecule has 0 aliphatic carbocycles. The summed E-state index contributed by atoms with van der Waals surface area (Å²) in [5.74, 6) is 1.79. The van der Waals surface area contributed by atoms with Gasteiger partial charge >= 0.3 is 12.1 Å². The first-order valence-electron chi connectivity index (χ1n) is 13.6. The van der Waals surface area contributed by atoms with E-state index in [2.05, 4.69) is 18.2 Å². The number of alkyl carbamates (subject to hydrolysis) is 1. The summed E-state index contributed by atoms with van der Waals surface area (Å²) in [5, 5.41) is 2.58. The summed E-state index contributed by atoms with van der Waals surface area (Å²) in [6, 6.07) is -0.707. The molecule has 1 N–H and O–H groups in total. The molecular weight excluding hydrogens is 414 g/mol. The number of hydrogen-bond donors (Lipinski definition) is 1. The first-order valence-corrected chi connectivity index (χ1v) is 13.6. The van der Waals surface area contributed by atoms with Crippen molar-refractivity contribution < 1.29 is 19.1 Å². The van der Waals surface area contributed by atoms with E-state index in [-0.39, 0.29) is 12.5 Å². The Labute approximate surface area is 204 Å². The van der Waals surface area contributed by atoms with Gasteiger partial charge in [-0.15, -0.1) is 6.42 Å². The lowest BCUT2D eigenvalue weighted by Gasteiger charge is -2.22. The normalized spacial score (nSPS) is 12.5. The van der Waals surface area contributed by atoms with Crippen molar-refractivity contribution in [1.29, 1.82) is 0 Å². The average molecular weight is 466 g/mol. The summed E-state index contributed by atoms with van der Waals surface area (Å²) < 4.78 is 10.2. The second kappa shape index (κ2) is 23.5. The van der Waals surface area contributed by atoms with Crippen LogP contribution in [0.5, 0.6) is 0 Å². The molecule has 0 aliphatic heterocycles. The number of rotatable bonds is 22. The Kier molecular flexibility index (Phi) is 22.2. The van der Waals surface area contributed by atoms with Crippen molar-refractivity contribution in [3.05, 3.63) is 0 Å². The molecule has 0 rings (SSSR count). The lowest BCUT2D eigenvalue weighted by Crippen LogP contribution is -2.46. The Morgan fingerprint density at radius 3 is 1.64 bits per heavy atom. The summed E-state index contributed by atoms with van der Waals surface area (Å²) in [6.45, 7) is 6.42. The molecule has 0 aromatic rings. The van der Waals surface area contributed by atoms with Crippen LogP contribution in [0, 0.1) is 18.3 Å². The Bertz CT molecular complexity index is 515. The van der Waals surface area contributed by atoms with Crippen LogP contribution >= 0.6 is 0 Å². The van der Waals surface area contributed by atoms with Gasteiger partial charge in [-0.05, 0) is 12.3 Å².